The van der Waals surface area contributed by atoms with Gasteiger partial charge in [0.15, 0.2) is 0 Å². The molecule has 0 aromatic carbocycles. The second-order valence-electron chi connectivity index (χ2n) is 6.06. The molecule has 2 aliphatic carbocycles. The van der Waals surface area contributed by atoms with E-state index in [1.807, 2.05) is 0 Å². The van der Waals surface area contributed by atoms with Crippen molar-refractivity contribution in [3.63, 3.8) is 0 Å². The van der Waals surface area contributed by atoms with Crippen LogP contribution in [0.2, 0.25) is 0 Å². The van der Waals surface area contributed by atoms with Crippen LogP contribution in [0.1, 0.15) is 77.0 Å². The highest BCUT2D eigenvalue weighted by Gasteiger charge is 2.24. The third-order valence-corrected chi connectivity index (χ3v) is 4.74. The molecule has 0 radical (unpaired) electrons. The molecular formula is C15H28O. The normalized spacial score (nSPS) is 27.6. The van der Waals surface area contributed by atoms with Crippen LogP contribution in [0.25, 0.3) is 0 Å². The Morgan fingerprint density at radius 1 is 0.750 bits per heavy atom. The maximum atomic E-state index is 10.4. The standard InChI is InChI=1S/C15H28O/c16-15(12-13-8-6-7-9-13)14-10-4-2-1-3-5-11-14/h13-16H,1-12H2. The summed E-state index contributed by atoms with van der Waals surface area (Å²) in [5.74, 6) is 1.47. The summed E-state index contributed by atoms with van der Waals surface area (Å²) in [6.45, 7) is 0. The fraction of sp³-hybridized carbons (Fsp3) is 1.00. The van der Waals surface area contributed by atoms with E-state index in [1.165, 1.54) is 70.6 Å². The van der Waals surface area contributed by atoms with Gasteiger partial charge in [0.2, 0.25) is 0 Å². The summed E-state index contributed by atoms with van der Waals surface area (Å²) in [5.41, 5.74) is 0. The van der Waals surface area contributed by atoms with Crippen LogP contribution in [0.3, 0.4) is 0 Å². The average molecular weight is 224 g/mol. The van der Waals surface area contributed by atoms with E-state index in [1.54, 1.807) is 0 Å². The zero-order valence-electron chi connectivity index (χ0n) is 10.7. The predicted octanol–water partition coefficient (Wildman–Crippen LogP) is 4.29. The molecule has 0 heterocycles. The number of rotatable bonds is 3. The highest BCUT2D eigenvalue weighted by Crippen LogP contribution is 2.33. The third-order valence-electron chi connectivity index (χ3n) is 4.74. The van der Waals surface area contributed by atoms with Crippen molar-refractivity contribution in [2.45, 2.75) is 83.2 Å². The van der Waals surface area contributed by atoms with Gasteiger partial charge in [-0.3, -0.25) is 0 Å². The van der Waals surface area contributed by atoms with Gasteiger partial charge in [-0.1, -0.05) is 57.8 Å². The lowest BCUT2D eigenvalue weighted by molar-refractivity contribution is 0.0683. The molecule has 94 valence electrons. The van der Waals surface area contributed by atoms with E-state index in [0.717, 1.165) is 12.3 Å². The molecule has 1 N–H and O–H groups in total. The molecule has 0 aromatic heterocycles. The molecule has 1 heteroatoms. The van der Waals surface area contributed by atoms with Gasteiger partial charge in [-0.2, -0.15) is 0 Å². The Morgan fingerprint density at radius 2 is 1.25 bits per heavy atom. The molecule has 16 heavy (non-hydrogen) atoms. The topological polar surface area (TPSA) is 20.2 Å². The fourth-order valence-corrected chi connectivity index (χ4v) is 3.65. The van der Waals surface area contributed by atoms with Gasteiger partial charge in [0.1, 0.15) is 0 Å². The Hall–Kier alpha value is -0.0400. The minimum absolute atomic E-state index is 0.0150. The summed E-state index contributed by atoms with van der Waals surface area (Å²) in [6, 6.07) is 0. The minimum Gasteiger partial charge on any atom is -0.393 e. The summed E-state index contributed by atoms with van der Waals surface area (Å²) < 4.78 is 0. The molecule has 2 aliphatic rings. The van der Waals surface area contributed by atoms with Gasteiger partial charge in [0, 0.05) is 0 Å². The smallest absolute Gasteiger partial charge is 0.0571 e. The lowest BCUT2D eigenvalue weighted by Gasteiger charge is -2.26. The Balaban J connectivity index is 1.74. The molecule has 0 aromatic rings. The first-order valence-electron chi connectivity index (χ1n) is 7.54. The zero-order valence-corrected chi connectivity index (χ0v) is 10.7. The van der Waals surface area contributed by atoms with Crippen molar-refractivity contribution in [1.29, 1.82) is 0 Å². The van der Waals surface area contributed by atoms with Crippen molar-refractivity contribution in [2.24, 2.45) is 11.8 Å². The zero-order chi connectivity index (χ0) is 11.2. The van der Waals surface area contributed by atoms with E-state index in [0.29, 0.717) is 5.92 Å². The van der Waals surface area contributed by atoms with Crippen LogP contribution in [0.5, 0.6) is 0 Å². The SMILES string of the molecule is OC(CC1CCCC1)C1CCCCCCC1. The van der Waals surface area contributed by atoms with E-state index >= 15 is 0 Å². The molecule has 0 amide bonds. The molecule has 0 aliphatic heterocycles. The van der Waals surface area contributed by atoms with E-state index < -0.39 is 0 Å². The monoisotopic (exact) mass is 224 g/mol. The molecule has 2 saturated carbocycles. The van der Waals surface area contributed by atoms with E-state index in [9.17, 15) is 5.11 Å². The predicted molar refractivity (Wildman–Crippen MR) is 68.4 cm³/mol. The van der Waals surface area contributed by atoms with Crippen LogP contribution in [0, 0.1) is 11.8 Å². The summed E-state index contributed by atoms with van der Waals surface area (Å²) in [6.07, 6.45) is 16.2. The van der Waals surface area contributed by atoms with E-state index in [4.69, 9.17) is 0 Å². The lowest BCUT2D eigenvalue weighted by Crippen LogP contribution is -2.23. The van der Waals surface area contributed by atoms with Gasteiger partial charge in [-0.15, -0.1) is 0 Å². The Kier molecular flexibility index (Phi) is 5.15. The largest absolute Gasteiger partial charge is 0.393 e. The van der Waals surface area contributed by atoms with Gasteiger partial charge >= 0.3 is 0 Å². The van der Waals surface area contributed by atoms with Gasteiger partial charge in [0.25, 0.3) is 0 Å². The highest BCUT2D eigenvalue weighted by molar-refractivity contribution is 4.77. The van der Waals surface area contributed by atoms with Crippen LogP contribution in [-0.4, -0.2) is 11.2 Å². The van der Waals surface area contributed by atoms with Crippen molar-refractivity contribution < 1.29 is 5.11 Å². The lowest BCUT2D eigenvalue weighted by atomic mass is 9.83. The van der Waals surface area contributed by atoms with Crippen molar-refractivity contribution in [1.82, 2.24) is 0 Å². The van der Waals surface area contributed by atoms with Crippen LogP contribution >= 0.6 is 0 Å². The van der Waals surface area contributed by atoms with Crippen LogP contribution in [0.15, 0.2) is 0 Å². The Morgan fingerprint density at radius 3 is 1.88 bits per heavy atom. The molecule has 1 atom stereocenters. The second-order valence-corrected chi connectivity index (χ2v) is 6.06. The summed E-state index contributed by atoms with van der Waals surface area (Å²) in [5, 5.41) is 10.4. The molecular weight excluding hydrogens is 196 g/mol. The van der Waals surface area contributed by atoms with E-state index in [-0.39, 0.29) is 6.10 Å². The highest BCUT2D eigenvalue weighted by atomic mass is 16.3. The third kappa shape index (κ3) is 3.76. The molecule has 1 unspecified atom stereocenters. The summed E-state index contributed by atoms with van der Waals surface area (Å²) in [7, 11) is 0. The molecule has 2 rings (SSSR count). The van der Waals surface area contributed by atoms with E-state index in [2.05, 4.69) is 0 Å². The number of hydrogen-bond acceptors (Lipinski definition) is 1. The first kappa shape index (κ1) is 12.4. The van der Waals surface area contributed by atoms with Gasteiger partial charge < -0.3 is 5.11 Å². The molecule has 0 saturated heterocycles. The van der Waals surface area contributed by atoms with Crippen LogP contribution in [0.4, 0.5) is 0 Å². The quantitative estimate of drug-likeness (QED) is 0.758. The minimum atomic E-state index is 0.0150. The first-order valence-corrected chi connectivity index (χ1v) is 7.54. The molecule has 0 bridgehead atoms. The first-order chi connectivity index (χ1) is 7.86. The number of aliphatic hydroxyl groups excluding tert-OH is 1. The molecule has 0 spiro atoms. The van der Waals surface area contributed by atoms with Gasteiger partial charge in [0.05, 0.1) is 6.10 Å². The summed E-state index contributed by atoms with van der Waals surface area (Å²) in [4.78, 5) is 0. The molecule has 2 fully saturated rings. The van der Waals surface area contributed by atoms with Crippen LogP contribution < -0.4 is 0 Å². The average Bonchev–Trinajstić information content (AvgIpc) is 2.69. The number of hydrogen-bond donors (Lipinski definition) is 1. The maximum Gasteiger partial charge on any atom is 0.0571 e. The Bertz CT molecular complexity index is 176. The van der Waals surface area contributed by atoms with Crippen molar-refractivity contribution >= 4 is 0 Å². The second kappa shape index (κ2) is 6.64. The van der Waals surface area contributed by atoms with Gasteiger partial charge in [-0.05, 0) is 31.1 Å². The number of aliphatic hydroxyl groups is 1. The molecule has 1 nitrogen and oxygen atoms in total. The Labute approximate surface area is 101 Å². The maximum absolute atomic E-state index is 10.4. The van der Waals surface area contributed by atoms with Crippen molar-refractivity contribution in [3.8, 4) is 0 Å². The van der Waals surface area contributed by atoms with Crippen LogP contribution in [-0.2, 0) is 0 Å². The summed E-state index contributed by atoms with van der Waals surface area (Å²) >= 11 is 0. The van der Waals surface area contributed by atoms with Crippen molar-refractivity contribution in [2.75, 3.05) is 0 Å². The van der Waals surface area contributed by atoms with Crippen molar-refractivity contribution in [3.05, 3.63) is 0 Å². The van der Waals surface area contributed by atoms with Gasteiger partial charge in [-0.25, -0.2) is 0 Å². The fourth-order valence-electron chi connectivity index (χ4n) is 3.65.